The fourth-order valence-corrected chi connectivity index (χ4v) is 2.48. The van der Waals surface area contributed by atoms with Crippen molar-refractivity contribution in [2.75, 3.05) is 0 Å². The number of hydrogen-bond acceptors (Lipinski definition) is 4. The quantitative estimate of drug-likeness (QED) is 0.909. The van der Waals surface area contributed by atoms with Crippen LogP contribution in [0.3, 0.4) is 0 Å². The number of nitrogens with two attached hydrogens (primary N) is 1. The Balaban J connectivity index is 0.00000147. The average Bonchev–Trinajstić information content (AvgIpc) is 2.83. The van der Waals surface area contributed by atoms with Crippen molar-refractivity contribution >= 4 is 40.5 Å². The lowest BCUT2D eigenvalue weighted by molar-refractivity contribution is 0.229. The minimum atomic E-state index is -0.370. The Kier molecular flexibility index (Phi) is 4.62. The van der Waals surface area contributed by atoms with Gasteiger partial charge in [-0.1, -0.05) is 33.2 Å². The number of hydrogen-bond donors (Lipinski definition) is 1. The Labute approximate surface area is 132 Å². The van der Waals surface area contributed by atoms with E-state index < -0.39 is 0 Å². The maximum atomic E-state index is 6.15. The molecule has 2 aromatic rings. The van der Waals surface area contributed by atoms with Gasteiger partial charge >= 0.3 is 0 Å². The summed E-state index contributed by atoms with van der Waals surface area (Å²) in [6, 6.07) is 7.99. The SMILES string of the molecule is Cl.NC1(c2noc(/C=C/c3cccc(Br)c3)n2)CCC1. The summed E-state index contributed by atoms with van der Waals surface area (Å²) in [7, 11) is 0. The van der Waals surface area contributed by atoms with Gasteiger partial charge in [0, 0.05) is 10.5 Å². The zero-order valence-corrected chi connectivity index (χ0v) is 13.2. The summed E-state index contributed by atoms with van der Waals surface area (Å²) in [4.78, 5) is 4.34. The monoisotopic (exact) mass is 355 g/mol. The van der Waals surface area contributed by atoms with Crippen LogP contribution in [0.5, 0.6) is 0 Å². The van der Waals surface area contributed by atoms with Gasteiger partial charge in [0.2, 0.25) is 0 Å². The van der Waals surface area contributed by atoms with Crippen molar-refractivity contribution < 1.29 is 4.52 Å². The molecular formula is C14H15BrClN3O. The van der Waals surface area contributed by atoms with Crippen molar-refractivity contribution in [2.45, 2.75) is 24.8 Å². The molecule has 20 heavy (non-hydrogen) atoms. The van der Waals surface area contributed by atoms with Crippen LogP contribution in [0.25, 0.3) is 12.2 Å². The van der Waals surface area contributed by atoms with E-state index in [4.69, 9.17) is 10.3 Å². The predicted octanol–water partition coefficient (Wildman–Crippen LogP) is 3.76. The second kappa shape index (κ2) is 6.08. The van der Waals surface area contributed by atoms with Gasteiger partial charge in [0.05, 0.1) is 5.54 Å². The van der Waals surface area contributed by atoms with Gasteiger partial charge in [-0.3, -0.25) is 0 Å². The lowest BCUT2D eigenvalue weighted by Gasteiger charge is -2.34. The van der Waals surface area contributed by atoms with Crippen LogP contribution in [0.2, 0.25) is 0 Å². The maximum absolute atomic E-state index is 6.15. The molecule has 4 nitrogen and oxygen atoms in total. The minimum absolute atomic E-state index is 0. The molecule has 1 aromatic heterocycles. The van der Waals surface area contributed by atoms with Crippen LogP contribution < -0.4 is 5.73 Å². The molecule has 106 valence electrons. The molecule has 1 aliphatic carbocycles. The molecule has 0 unspecified atom stereocenters. The topological polar surface area (TPSA) is 64.9 Å². The molecule has 0 amide bonds. The summed E-state index contributed by atoms with van der Waals surface area (Å²) in [5, 5.41) is 3.97. The summed E-state index contributed by atoms with van der Waals surface area (Å²) in [6.45, 7) is 0. The van der Waals surface area contributed by atoms with Crippen LogP contribution >= 0.6 is 28.3 Å². The first kappa shape index (κ1) is 15.2. The highest BCUT2D eigenvalue weighted by Gasteiger charge is 2.38. The molecule has 1 fully saturated rings. The van der Waals surface area contributed by atoms with E-state index in [1.54, 1.807) is 6.08 Å². The van der Waals surface area contributed by atoms with E-state index in [1.807, 2.05) is 30.3 Å². The third-order valence-electron chi connectivity index (χ3n) is 3.40. The van der Waals surface area contributed by atoms with Gasteiger partial charge in [-0.2, -0.15) is 4.98 Å². The lowest BCUT2D eigenvalue weighted by Crippen LogP contribution is -2.44. The van der Waals surface area contributed by atoms with Crippen molar-refractivity contribution in [1.29, 1.82) is 0 Å². The maximum Gasteiger partial charge on any atom is 0.250 e. The van der Waals surface area contributed by atoms with Gasteiger partial charge in [0.1, 0.15) is 0 Å². The third-order valence-corrected chi connectivity index (χ3v) is 3.89. The molecule has 0 saturated heterocycles. The van der Waals surface area contributed by atoms with Gasteiger partial charge < -0.3 is 10.3 Å². The first-order chi connectivity index (χ1) is 9.16. The van der Waals surface area contributed by atoms with Gasteiger partial charge in [-0.15, -0.1) is 12.4 Å². The second-order valence-electron chi connectivity index (χ2n) is 4.85. The number of nitrogens with zero attached hydrogens (tertiary/aromatic N) is 2. The molecule has 1 aromatic carbocycles. The minimum Gasteiger partial charge on any atom is -0.335 e. The van der Waals surface area contributed by atoms with Crippen molar-refractivity contribution in [2.24, 2.45) is 5.73 Å². The average molecular weight is 357 g/mol. The Morgan fingerprint density at radius 3 is 2.75 bits per heavy atom. The molecule has 0 bridgehead atoms. The normalized spacial score (nSPS) is 16.7. The zero-order valence-electron chi connectivity index (χ0n) is 10.8. The van der Waals surface area contributed by atoms with Crippen molar-refractivity contribution in [3.05, 3.63) is 46.0 Å². The highest BCUT2D eigenvalue weighted by atomic mass is 79.9. The largest absolute Gasteiger partial charge is 0.335 e. The second-order valence-corrected chi connectivity index (χ2v) is 5.77. The Hall–Kier alpha value is -1.17. The van der Waals surface area contributed by atoms with Crippen LogP contribution in [0.15, 0.2) is 33.3 Å². The van der Waals surface area contributed by atoms with Crippen LogP contribution in [0.4, 0.5) is 0 Å². The number of halogens is 2. The number of aromatic nitrogens is 2. The molecule has 0 aliphatic heterocycles. The van der Waals surface area contributed by atoms with Crippen LogP contribution in [0, 0.1) is 0 Å². The summed E-state index contributed by atoms with van der Waals surface area (Å²) >= 11 is 3.43. The van der Waals surface area contributed by atoms with Crippen LogP contribution in [-0.2, 0) is 5.54 Å². The van der Waals surface area contributed by atoms with Gasteiger partial charge in [0.15, 0.2) is 5.82 Å². The van der Waals surface area contributed by atoms with Gasteiger partial charge in [-0.25, -0.2) is 0 Å². The molecule has 1 aliphatic rings. The van der Waals surface area contributed by atoms with Crippen molar-refractivity contribution in [1.82, 2.24) is 10.1 Å². The fourth-order valence-electron chi connectivity index (χ4n) is 2.06. The summed E-state index contributed by atoms with van der Waals surface area (Å²) in [5.74, 6) is 1.11. The lowest BCUT2D eigenvalue weighted by atomic mass is 9.77. The standard InChI is InChI=1S/C14H14BrN3O.ClH/c15-11-4-1-3-10(9-11)5-6-12-17-13(18-19-12)14(16)7-2-8-14;/h1,3-6,9H,2,7-8,16H2;1H/b6-5+;. The van der Waals surface area contributed by atoms with E-state index in [9.17, 15) is 0 Å². The third kappa shape index (κ3) is 3.11. The van der Waals surface area contributed by atoms with E-state index in [2.05, 4.69) is 26.1 Å². The van der Waals surface area contributed by atoms with E-state index in [0.29, 0.717) is 11.7 Å². The molecule has 0 atom stereocenters. The molecule has 0 spiro atoms. The van der Waals surface area contributed by atoms with E-state index in [-0.39, 0.29) is 17.9 Å². The van der Waals surface area contributed by atoms with E-state index >= 15 is 0 Å². The first-order valence-electron chi connectivity index (χ1n) is 6.22. The van der Waals surface area contributed by atoms with Crippen LogP contribution in [-0.4, -0.2) is 10.1 Å². The molecule has 0 radical (unpaired) electrons. The fraction of sp³-hybridized carbons (Fsp3) is 0.286. The van der Waals surface area contributed by atoms with Gasteiger partial charge in [-0.05, 0) is 43.0 Å². The molecule has 1 heterocycles. The highest BCUT2D eigenvalue weighted by molar-refractivity contribution is 9.10. The smallest absolute Gasteiger partial charge is 0.250 e. The molecule has 2 N–H and O–H groups in total. The van der Waals surface area contributed by atoms with E-state index in [0.717, 1.165) is 29.3 Å². The zero-order chi connectivity index (χ0) is 13.3. The van der Waals surface area contributed by atoms with E-state index in [1.165, 1.54) is 0 Å². The Morgan fingerprint density at radius 2 is 2.10 bits per heavy atom. The molecule has 6 heteroatoms. The summed E-state index contributed by atoms with van der Waals surface area (Å²) in [6.07, 6.45) is 6.74. The van der Waals surface area contributed by atoms with Gasteiger partial charge in [0.25, 0.3) is 5.89 Å². The molecule has 3 rings (SSSR count). The van der Waals surface area contributed by atoms with Crippen molar-refractivity contribution in [3.8, 4) is 0 Å². The van der Waals surface area contributed by atoms with Crippen molar-refractivity contribution in [3.63, 3.8) is 0 Å². The summed E-state index contributed by atoms with van der Waals surface area (Å²) < 4.78 is 6.24. The number of rotatable bonds is 3. The number of benzene rings is 1. The highest BCUT2D eigenvalue weighted by Crippen LogP contribution is 2.36. The molecular weight excluding hydrogens is 342 g/mol. The molecule has 1 saturated carbocycles. The Bertz CT molecular complexity index is 622. The Morgan fingerprint density at radius 1 is 1.30 bits per heavy atom. The summed E-state index contributed by atoms with van der Waals surface area (Å²) in [5.41, 5.74) is 6.85. The first-order valence-corrected chi connectivity index (χ1v) is 7.02. The van der Waals surface area contributed by atoms with Crippen LogP contribution in [0.1, 0.15) is 36.5 Å². The predicted molar refractivity (Wildman–Crippen MR) is 84.3 cm³/mol.